The Morgan fingerprint density at radius 2 is 2.05 bits per heavy atom. The lowest BCUT2D eigenvalue weighted by molar-refractivity contribution is -0.132. The van der Waals surface area contributed by atoms with Crippen LogP contribution in [0, 0.1) is 5.92 Å². The molecular weight excluding hydrogens is 252 g/mol. The van der Waals surface area contributed by atoms with Crippen molar-refractivity contribution >= 4 is 11.6 Å². The van der Waals surface area contributed by atoms with Crippen LogP contribution in [-0.2, 0) is 16.0 Å². The summed E-state index contributed by atoms with van der Waals surface area (Å²) in [6.45, 7) is 2.52. The average Bonchev–Trinajstić information content (AvgIpc) is 2.47. The first-order valence-corrected chi connectivity index (χ1v) is 7.30. The Bertz CT molecular complexity index is 440. The van der Waals surface area contributed by atoms with Crippen molar-refractivity contribution in [3.05, 3.63) is 29.8 Å². The number of nitrogens with zero attached hydrogens (tertiary/aromatic N) is 1. The highest BCUT2D eigenvalue weighted by molar-refractivity contribution is 5.76. The molecule has 1 saturated heterocycles. The van der Waals surface area contributed by atoms with Gasteiger partial charge in [0.15, 0.2) is 0 Å². The van der Waals surface area contributed by atoms with E-state index in [2.05, 4.69) is 0 Å². The van der Waals surface area contributed by atoms with E-state index in [0.29, 0.717) is 12.3 Å². The third kappa shape index (κ3) is 3.97. The Hall–Kier alpha value is -1.55. The summed E-state index contributed by atoms with van der Waals surface area (Å²) in [7, 11) is 1.74. The van der Waals surface area contributed by atoms with Crippen molar-refractivity contribution in [2.24, 2.45) is 5.92 Å². The number of likely N-dealkylation sites (tertiary alicyclic amines) is 1. The number of nitrogen functional groups attached to an aromatic ring is 1. The maximum absolute atomic E-state index is 12.2. The van der Waals surface area contributed by atoms with Gasteiger partial charge in [-0.25, -0.2) is 0 Å². The van der Waals surface area contributed by atoms with Crippen LogP contribution in [0.4, 0.5) is 5.69 Å². The van der Waals surface area contributed by atoms with Gasteiger partial charge in [0.2, 0.25) is 5.91 Å². The second-order valence-corrected chi connectivity index (χ2v) is 5.48. The number of ether oxygens (including phenoxy) is 1. The fourth-order valence-corrected chi connectivity index (χ4v) is 2.75. The van der Waals surface area contributed by atoms with E-state index in [1.165, 1.54) is 0 Å². The molecule has 0 spiro atoms. The Morgan fingerprint density at radius 1 is 1.35 bits per heavy atom. The molecule has 2 N–H and O–H groups in total. The number of hydrogen-bond donors (Lipinski definition) is 1. The van der Waals surface area contributed by atoms with Gasteiger partial charge in [0.1, 0.15) is 0 Å². The molecule has 0 aromatic heterocycles. The molecule has 1 aromatic carbocycles. The minimum Gasteiger partial charge on any atom is -0.399 e. The van der Waals surface area contributed by atoms with Gasteiger partial charge in [-0.3, -0.25) is 4.79 Å². The van der Waals surface area contributed by atoms with Gasteiger partial charge in [-0.2, -0.15) is 0 Å². The first-order valence-electron chi connectivity index (χ1n) is 7.30. The summed E-state index contributed by atoms with van der Waals surface area (Å²) < 4.78 is 5.18. The van der Waals surface area contributed by atoms with Crippen molar-refractivity contribution in [1.29, 1.82) is 0 Å². The SMILES string of the molecule is COCC1CCN(C(=O)CCc2ccccc2N)CC1. The van der Waals surface area contributed by atoms with Gasteiger partial charge in [0, 0.05) is 38.9 Å². The van der Waals surface area contributed by atoms with Crippen LogP contribution in [0.5, 0.6) is 0 Å². The van der Waals surface area contributed by atoms with Crippen LogP contribution >= 0.6 is 0 Å². The van der Waals surface area contributed by atoms with Crippen molar-refractivity contribution in [1.82, 2.24) is 4.90 Å². The molecule has 1 aliphatic heterocycles. The van der Waals surface area contributed by atoms with Gasteiger partial charge in [-0.05, 0) is 36.8 Å². The lowest BCUT2D eigenvalue weighted by Gasteiger charge is -2.31. The molecule has 1 amide bonds. The Morgan fingerprint density at radius 3 is 2.70 bits per heavy atom. The number of aryl methyl sites for hydroxylation is 1. The van der Waals surface area contributed by atoms with Crippen LogP contribution in [-0.4, -0.2) is 37.6 Å². The molecule has 1 heterocycles. The van der Waals surface area contributed by atoms with E-state index >= 15 is 0 Å². The van der Waals surface area contributed by atoms with Crippen molar-refractivity contribution in [2.45, 2.75) is 25.7 Å². The minimum absolute atomic E-state index is 0.240. The molecule has 0 saturated carbocycles. The van der Waals surface area contributed by atoms with Crippen molar-refractivity contribution in [3.8, 4) is 0 Å². The van der Waals surface area contributed by atoms with Crippen LogP contribution in [0.1, 0.15) is 24.8 Å². The molecule has 0 unspecified atom stereocenters. The maximum atomic E-state index is 12.2. The summed E-state index contributed by atoms with van der Waals surface area (Å²) in [6, 6.07) is 7.76. The molecule has 1 fully saturated rings. The zero-order chi connectivity index (χ0) is 14.4. The standard InChI is InChI=1S/C16H24N2O2/c1-20-12-13-8-10-18(11-9-13)16(19)7-6-14-4-2-3-5-15(14)17/h2-5,13H,6-12,17H2,1H3. The third-order valence-corrected chi connectivity index (χ3v) is 4.03. The Balaban J connectivity index is 1.77. The van der Waals surface area contributed by atoms with E-state index in [-0.39, 0.29) is 5.91 Å². The summed E-state index contributed by atoms with van der Waals surface area (Å²) in [5.41, 5.74) is 7.74. The Labute approximate surface area is 120 Å². The lowest BCUT2D eigenvalue weighted by atomic mass is 9.97. The van der Waals surface area contributed by atoms with E-state index in [9.17, 15) is 4.79 Å². The van der Waals surface area contributed by atoms with E-state index in [0.717, 1.165) is 50.2 Å². The molecule has 4 heteroatoms. The van der Waals surface area contributed by atoms with Crippen LogP contribution in [0.2, 0.25) is 0 Å². The highest BCUT2D eigenvalue weighted by atomic mass is 16.5. The largest absolute Gasteiger partial charge is 0.399 e. The summed E-state index contributed by atoms with van der Waals surface area (Å²) in [5.74, 6) is 0.845. The lowest BCUT2D eigenvalue weighted by Crippen LogP contribution is -2.39. The molecule has 0 radical (unpaired) electrons. The van der Waals surface area contributed by atoms with Gasteiger partial charge in [0.05, 0.1) is 0 Å². The quantitative estimate of drug-likeness (QED) is 0.838. The predicted molar refractivity (Wildman–Crippen MR) is 80.4 cm³/mol. The van der Waals surface area contributed by atoms with E-state index in [1.807, 2.05) is 29.2 Å². The topological polar surface area (TPSA) is 55.6 Å². The number of carbonyl (C=O) groups excluding carboxylic acids is 1. The fraction of sp³-hybridized carbons (Fsp3) is 0.562. The zero-order valence-corrected chi connectivity index (χ0v) is 12.2. The average molecular weight is 276 g/mol. The molecule has 1 aliphatic rings. The number of para-hydroxylation sites is 1. The van der Waals surface area contributed by atoms with Crippen molar-refractivity contribution < 1.29 is 9.53 Å². The van der Waals surface area contributed by atoms with E-state index in [4.69, 9.17) is 10.5 Å². The number of methoxy groups -OCH3 is 1. The molecular formula is C16H24N2O2. The zero-order valence-electron chi connectivity index (χ0n) is 12.2. The molecule has 0 bridgehead atoms. The molecule has 20 heavy (non-hydrogen) atoms. The predicted octanol–water partition coefficient (Wildman–Crippen LogP) is 2.09. The number of benzene rings is 1. The van der Waals surface area contributed by atoms with Crippen LogP contribution < -0.4 is 5.73 Å². The first-order chi connectivity index (χ1) is 9.70. The number of rotatable bonds is 5. The van der Waals surface area contributed by atoms with Gasteiger partial charge < -0.3 is 15.4 Å². The monoisotopic (exact) mass is 276 g/mol. The van der Waals surface area contributed by atoms with Gasteiger partial charge in [-0.15, -0.1) is 0 Å². The molecule has 0 atom stereocenters. The molecule has 1 aromatic rings. The second-order valence-electron chi connectivity index (χ2n) is 5.48. The van der Waals surface area contributed by atoms with E-state index < -0.39 is 0 Å². The first kappa shape index (κ1) is 14.9. The minimum atomic E-state index is 0.240. The van der Waals surface area contributed by atoms with Crippen molar-refractivity contribution in [3.63, 3.8) is 0 Å². The third-order valence-electron chi connectivity index (χ3n) is 4.03. The van der Waals surface area contributed by atoms with E-state index in [1.54, 1.807) is 7.11 Å². The number of hydrogen-bond acceptors (Lipinski definition) is 3. The summed E-state index contributed by atoms with van der Waals surface area (Å²) in [5, 5.41) is 0. The van der Waals surface area contributed by atoms with Crippen molar-refractivity contribution in [2.75, 3.05) is 32.5 Å². The fourth-order valence-electron chi connectivity index (χ4n) is 2.75. The number of carbonyl (C=O) groups is 1. The van der Waals surface area contributed by atoms with Crippen LogP contribution in [0.15, 0.2) is 24.3 Å². The molecule has 0 aliphatic carbocycles. The van der Waals surface area contributed by atoms with Gasteiger partial charge in [0.25, 0.3) is 0 Å². The molecule has 110 valence electrons. The number of amides is 1. The van der Waals surface area contributed by atoms with Gasteiger partial charge >= 0.3 is 0 Å². The second kappa shape index (κ2) is 7.29. The Kier molecular flexibility index (Phi) is 5.41. The van der Waals surface area contributed by atoms with Crippen LogP contribution in [0.3, 0.4) is 0 Å². The normalized spacial score (nSPS) is 16.4. The van der Waals surface area contributed by atoms with Gasteiger partial charge in [-0.1, -0.05) is 18.2 Å². The number of nitrogens with two attached hydrogens (primary N) is 1. The number of anilines is 1. The summed E-state index contributed by atoms with van der Waals surface area (Å²) >= 11 is 0. The molecule has 4 nitrogen and oxygen atoms in total. The maximum Gasteiger partial charge on any atom is 0.222 e. The number of piperidine rings is 1. The van der Waals surface area contributed by atoms with Crippen LogP contribution in [0.25, 0.3) is 0 Å². The highest BCUT2D eigenvalue weighted by Crippen LogP contribution is 2.19. The smallest absolute Gasteiger partial charge is 0.222 e. The summed E-state index contributed by atoms with van der Waals surface area (Å²) in [4.78, 5) is 14.2. The molecule has 2 rings (SSSR count). The highest BCUT2D eigenvalue weighted by Gasteiger charge is 2.22. The summed E-state index contributed by atoms with van der Waals surface area (Å²) in [6.07, 6.45) is 3.37.